The normalized spacial score (nSPS) is 13.2. The zero-order valence-electron chi connectivity index (χ0n) is 10.6. The van der Waals surface area contributed by atoms with Crippen LogP contribution in [0, 0.1) is 0 Å². The van der Waals surface area contributed by atoms with Crippen molar-refractivity contribution in [1.82, 2.24) is 25.9 Å². The van der Waals surface area contributed by atoms with Crippen molar-refractivity contribution in [3.63, 3.8) is 0 Å². The molecular weight excluding hydrogens is 222 g/mol. The maximum atomic E-state index is 11.6. The van der Waals surface area contributed by atoms with E-state index in [1.807, 2.05) is 27.7 Å². The summed E-state index contributed by atoms with van der Waals surface area (Å²) in [6.45, 7) is 7.46. The van der Waals surface area contributed by atoms with Crippen LogP contribution in [0.5, 0.6) is 0 Å². The minimum atomic E-state index is -0.516. The van der Waals surface area contributed by atoms with Gasteiger partial charge in [0.2, 0.25) is 0 Å². The van der Waals surface area contributed by atoms with Crippen molar-refractivity contribution in [3.8, 4) is 0 Å². The van der Waals surface area contributed by atoms with E-state index >= 15 is 0 Å². The fraction of sp³-hybridized carbons (Fsp3) is 0.800. The standard InChI is InChI=1S/C10H19N5O2/c1-5-6-7(8-12-14-15-13-8)11-9(16)17-10(2,3)4/h7H,5-6H2,1-4H3,(H,11,16)(H,12,13,14,15). The molecular formula is C10H19N5O2. The largest absolute Gasteiger partial charge is 0.444 e. The number of nitrogens with zero attached hydrogens (tertiary/aromatic N) is 3. The number of aromatic amines is 1. The van der Waals surface area contributed by atoms with E-state index in [1.165, 1.54) is 0 Å². The van der Waals surface area contributed by atoms with Crippen molar-refractivity contribution in [1.29, 1.82) is 0 Å². The molecule has 1 atom stereocenters. The molecule has 1 amide bonds. The molecule has 1 aromatic rings. The fourth-order valence-electron chi connectivity index (χ4n) is 1.32. The zero-order valence-corrected chi connectivity index (χ0v) is 10.6. The first kappa shape index (κ1) is 13.4. The van der Waals surface area contributed by atoms with E-state index in [1.54, 1.807) is 0 Å². The molecule has 1 heterocycles. The van der Waals surface area contributed by atoms with Crippen molar-refractivity contribution in [3.05, 3.63) is 5.82 Å². The number of alkyl carbamates (subject to hydrolysis) is 1. The molecule has 0 aliphatic heterocycles. The molecule has 2 N–H and O–H groups in total. The second-order valence-electron chi connectivity index (χ2n) is 4.76. The average molecular weight is 241 g/mol. The highest BCUT2D eigenvalue weighted by Gasteiger charge is 2.22. The summed E-state index contributed by atoms with van der Waals surface area (Å²) in [5.74, 6) is 0.470. The Morgan fingerprint density at radius 3 is 2.71 bits per heavy atom. The van der Waals surface area contributed by atoms with E-state index in [0.29, 0.717) is 5.82 Å². The summed E-state index contributed by atoms with van der Waals surface area (Å²) in [7, 11) is 0. The summed E-state index contributed by atoms with van der Waals surface area (Å²) < 4.78 is 5.18. The van der Waals surface area contributed by atoms with Crippen LogP contribution < -0.4 is 5.32 Å². The van der Waals surface area contributed by atoms with Gasteiger partial charge in [-0.3, -0.25) is 0 Å². The third-order valence-electron chi connectivity index (χ3n) is 1.94. The molecule has 1 unspecified atom stereocenters. The number of tetrazole rings is 1. The van der Waals surface area contributed by atoms with Gasteiger partial charge in [-0.2, -0.15) is 5.21 Å². The van der Waals surface area contributed by atoms with Crippen LogP contribution in [0.15, 0.2) is 0 Å². The highest BCUT2D eigenvalue weighted by molar-refractivity contribution is 5.68. The maximum Gasteiger partial charge on any atom is 0.408 e. The topological polar surface area (TPSA) is 92.8 Å². The number of carbonyl (C=O) groups excluding carboxylic acids is 1. The van der Waals surface area contributed by atoms with E-state index in [4.69, 9.17) is 4.74 Å². The third-order valence-corrected chi connectivity index (χ3v) is 1.94. The van der Waals surface area contributed by atoms with E-state index in [-0.39, 0.29) is 6.04 Å². The van der Waals surface area contributed by atoms with Crippen molar-refractivity contribution in [2.24, 2.45) is 0 Å². The number of carbonyl (C=O) groups is 1. The molecule has 0 bridgehead atoms. The second-order valence-corrected chi connectivity index (χ2v) is 4.76. The van der Waals surface area contributed by atoms with Gasteiger partial charge in [-0.25, -0.2) is 4.79 Å². The predicted molar refractivity (Wildman–Crippen MR) is 61.2 cm³/mol. The number of ether oxygens (including phenoxy) is 1. The molecule has 0 saturated carbocycles. The molecule has 0 aliphatic rings. The summed E-state index contributed by atoms with van der Waals surface area (Å²) >= 11 is 0. The van der Waals surface area contributed by atoms with Gasteiger partial charge >= 0.3 is 6.09 Å². The van der Waals surface area contributed by atoms with Crippen LogP contribution in [0.3, 0.4) is 0 Å². The third kappa shape index (κ3) is 4.80. The van der Waals surface area contributed by atoms with Crippen molar-refractivity contribution in [2.45, 2.75) is 52.2 Å². The summed E-state index contributed by atoms with van der Waals surface area (Å²) in [5.41, 5.74) is -0.516. The Labute approximate surface area is 100 Å². The Bertz CT molecular complexity index is 344. The van der Waals surface area contributed by atoms with Gasteiger partial charge < -0.3 is 10.1 Å². The SMILES string of the molecule is CCCC(NC(=O)OC(C)(C)C)c1nn[nH]n1. The number of nitrogens with one attached hydrogen (secondary N) is 2. The predicted octanol–water partition coefficient (Wildman–Crippen LogP) is 1.57. The van der Waals surface area contributed by atoms with Crippen molar-refractivity contribution in [2.75, 3.05) is 0 Å². The lowest BCUT2D eigenvalue weighted by Gasteiger charge is -2.22. The van der Waals surface area contributed by atoms with Crippen LogP contribution >= 0.6 is 0 Å². The number of aromatic nitrogens is 4. The van der Waals surface area contributed by atoms with Gasteiger partial charge in [0.05, 0.1) is 6.04 Å². The summed E-state index contributed by atoms with van der Waals surface area (Å²) in [6, 6.07) is -0.270. The highest BCUT2D eigenvalue weighted by atomic mass is 16.6. The lowest BCUT2D eigenvalue weighted by Crippen LogP contribution is -2.35. The number of amides is 1. The van der Waals surface area contributed by atoms with Gasteiger partial charge in [0.1, 0.15) is 5.60 Å². The monoisotopic (exact) mass is 241 g/mol. The summed E-state index contributed by atoms with van der Waals surface area (Å²) in [4.78, 5) is 11.6. The van der Waals surface area contributed by atoms with Crippen LogP contribution in [0.25, 0.3) is 0 Å². The second kappa shape index (κ2) is 5.60. The molecule has 0 saturated heterocycles. The van der Waals surface area contributed by atoms with Crippen LogP contribution in [0.2, 0.25) is 0 Å². The lowest BCUT2D eigenvalue weighted by molar-refractivity contribution is 0.0498. The first-order chi connectivity index (χ1) is 7.92. The Morgan fingerprint density at radius 2 is 2.24 bits per heavy atom. The zero-order chi connectivity index (χ0) is 12.9. The first-order valence-electron chi connectivity index (χ1n) is 5.65. The molecule has 0 spiro atoms. The van der Waals surface area contributed by atoms with Crippen molar-refractivity contribution >= 4 is 6.09 Å². The Morgan fingerprint density at radius 1 is 1.53 bits per heavy atom. The minimum Gasteiger partial charge on any atom is -0.444 e. The molecule has 0 radical (unpaired) electrons. The first-order valence-corrected chi connectivity index (χ1v) is 5.65. The molecule has 0 aromatic carbocycles. The molecule has 96 valence electrons. The average Bonchev–Trinajstić information content (AvgIpc) is 2.66. The maximum absolute atomic E-state index is 11.6. The van der Waals surface area contributed by atoms with Gasteiger partial charge in [0, 0.05) is 0 Å². The summed E-state index contributed by atoms with van der Waals surface area (Å²) in [5, 5.41) is 16.3. The molecule has 1 aromatic heterocycles. The number of rotatable bonds is 4. The smallest absolute Gasteiger partial charge is 0.408 e. The lowest BCUT2D eigenvalue weighted by atomic mass is 10.1. The van der Waals surface area contributed by atoms with Crippen molar-refractivity contribution < 1.29 is 9.53 Å². The Kier molecular flexibility index (Phi) is 4.42. The van der Waals surface area contributed by atoms with E-state index in [0.717, 1.165) is 12.8 Å². The molecule has 1 rings (SSSR count). The molecule has 7 heteroatoms. The molecule has 0 aliphatic carbocycles. The highest BCUT2D eigenvalue weighted by Crippen LogP contribution is 2.14. The van der Waals surface area contributed by atoms with Crippen LogP contribution in [-0.4, -0.2) is 32.3 Å². The van der Waals surface area contributed by atoms with Gasteiger partial charge in [-0.15, -0.1) is 10.2 Å². The van der Waals surface area contributed by atoms with Gasteiger partial charge in [-0.05, 0) is 27.2 Å². The van der Waals surface area contributed by atoms with E-state index in [2.05, 4.69) is 25.9 Å². The quantitative estimate of drug-likeness (QED) is 0.834. The molecule has 0 fully saturated rings. The Hall–Kier alpha value is -1.66. The van der Waals surface area contributed by atoms with E-state index < -0.39 is 11.7 Å². The number of hydrogen-bond acceptors (Lipinski definition) is 5. The van der Waals surface area contributed by atoms with Crippen LogP contribution in [0.4, 0.5) is 4.79 Å². The Balaban J connectivity index is 2.59. The van der Waals surface area contributed by atoms with Crippen LogP contribution in [-0.2, 0) is 4.74 Å². The van der Waals surface area contributed by atoms with E-state index in [9.17, 15) is 4.79 Å². The number of hydrogen-bond donors (Lipinski definition) is 2. The minimum absolute atomic E-state index is 0.270. The number of H-pyrrole nitrogens is 1. The molecule has 7 nitrogen and oxygen atoms in total. The fourth-order valence-corrected chi connectivity index (χ4v) is 1.32. The van der Waals surface area contributed by atoms with Gasteiger partial charge in [-0.1, -0.05) is 18.6 Å². The van der Waals surface area contributed by atoms with Crippen LogP contribution in [0.1, 0.15) is 52.4 Å². The molecule has 17 heavy (non-hydrogen) atoms. The van der Waals surface area contributed by atoms with Gasteiger partial charge in [0.15, 0.2) is 5.82 Å². The van der Waals surface area contributed by atoms with Gasteiger partial charge in [0.25, 0.3) is 0 Å². The summed E-state index contributed by atoms with van der Waals surface area (Å²) in [6.07, 6.45) is 1.16.